The quantitative estimate of drug-likeness (QED) is 0.852. The van der Waals surface area contributed by atoms with Crippen LogP contribution in [0.1, 0.15) is 19.5 Å². The highest BCUT2D eigenvalue weighted by Crippen LogP contribution is 2.29. The molecule has 0 amide bonds. The predicted octanol–water partition coefficient (Wildman–Crippen LogP) is 3.13. The highest BCUT2D eigenvalue weighted by molar-refractivity contribution is 6.33. The molecule has 5 heteroatoms. The van der Waals surface area contributed by atoms with Gasteiger partial charge in [0.2, 0.25) is 0 Å². The molecule has 0 saturated heterocycles. The molecule has 0 aliphatic rings. The van der Waals surface area contributed by atoms with Gasteiger partial charge in [0.05, 0.1) is 5.02 Å². The van der Waals surface area contributed by atoms with Gasteiger partial charge in [-0.1, -0.05) is 48.9 Å². The van der Waals surface area contributed by atoms with Gasteiger partial charge < -0.3 is 0 Å². The van der Waals surface area contributed by atoms with Crippen LogP contribution in [0.3, 0.4) is 0 Å². The van der Waals surface area contributed by atoms with E-state index < -0.39 is 0 Å². The van der Waals surface area contributed by atoms with Crippen LogP contribution in [0.25, 0.3) is 11.3 Å². The van der Waals surface area contributed by atoms with Crippen LogP contribution in [0.4, 0.5) is 0 Å². The number of nitrogens with zero attached hydrogens (tertiary/aromatic N) is 4. The number of hydrogen-bond donors (Lipinski definition) is 0. The molecule has 1 aromatic carbocycles. The Balaban J connectivity index is 2.58. The largest absolute Gasteiger partial charge is 0.243 e. The Morgan fingerprint density at radius 2 is 2.11 bits per heavy atom. The lowest BCUT2D eigenvalue weighted by atomic mass is 10.1. The van der Waals surface area contributed by atoms with Crippen molar-refractivity contribution in [1.82, 2.24) is 15.0 Å². The highest BCUT2D eigenvalue weighted by Gasteiger charge is 2.17. The molecule has 92 valence electrons. The minimum absolute atomic E-state index is 0.309. The van der Waals surface area contributed by atoms with E-state index in [4.69, 9.17) is 16.9 Å². The summed E-state index contributed by atoms with van der Waals surface area (Å²) < 4.78 is 1.74. The van der Waals surface area contributed by atoms with Gasteiger partial charge in [-0.3, -0.25) is 0 Å². The summed E-state index contributed by atoms with van der Waals surface area (Å²) in [5, 5.41) is 17.6. The van der Waals surface area contributed by atoms with Gasteiger partial charge >= 0.3 is 0 Å². The number of rotatable bonds is 3. The second-order valence-corrected chi connectivity index (χ2v) is 4.86. The van der Waals surface area contributed by atoms with Crippen molar-refractivity contribution in [2.24, 2.45) is 5.92 Å². The second-order valence-electron chi connectivity index (χ2n) is 4.45. The number of halogens is 1. The van der Waals surface area contributed by atoms with Crippen LogP contribution in [-0.4, -0.2) is 15.0 Å². The summed E-state index contributed by atoms with van der Waals surface area (Å²) in [5.41, 5.74) is 1.79. The fourth-order valence-corrected chi connectivity index (χ4v) is 2.01. The number of aromatic nitrogens is 3. The molecule has 0 aliphatic carbocycles. The summed E-state index contributed by atoms with van der Waals surface area (Å²) in [6.45, 7) is 4.88. The topological polar surface area (TPSA) is 54.5 Å². The molecule has 2 aromatic rings. The summed E-state index contributed by atoms with van der Waals surface area (Å²) in [5.74, 6) is 0.416. The molecule has 0 bridgehead atoms. The Labute approximate surface area is 111 Å². The second kappa shape index (κ2) is 5.19. The third kappa shape index (κ3) is 2.36. The van der Waals surface area contributed by atoms with Crippen molar-refractivity contribution in [1.29, 1.82) is 5.26 Å². The summed E-state index contributed by atoms with van der Waals surface area (Å²) >= 11 is 6.17. The zero-order valence-electron chi connectivity index (χ0n) is 10.3. The molecule has 0 aliphatic heterocycles. The van der Waals surface area contributed by atoms with Crippen molar-refractivity contribution in [2.45, 2.75) is 20.4 Å². The van der Waals surface area contributed by atoms with Crippen molar-refractivity contribution in [3.63, 3.8) is 0 Å². The first-order valence-electron chi connectivity index (χ1n) is 5.72. The van der Waals surface area contributed by atoms with Crippen LogP contribution < -0.4 is 0 Å². The maximum absolute atomic E-state index is 9.11. The number of hydrogen-bond acceptors (Lipinski definition) is 3. The fourth-order valence-electron chi connectivity index (χ4n) is 1.78. The molecule has 0 atom stereocenters. The molecule has 4 nitrogen and oxygen atoms in total. The predicted molar refractivity (Wildman–Crippen MR) is 70.0 cm³/mol. The monoisotopic (exact) mass is 260 g/mol. The normalized spacial score (nSPS) is 10.6. The van der Waals surface area contributed by atoms with E-state index in [0.29, 0.717) is 28.9 Å². The van der Waals surface area contributed by atoms with Crippen LogP contribution in [-0.2, 0) is 6.54 Å². The molecule has 18 heavy (non-hydrogen) atoms. The molecule has 2 rings (SSSR count). The molecule has 0 fully saturated rings. The van der Waals surface area contributed by atoms with Gasteiger partial charge in [0.25, 0.3) is 0 Å². The van der Waals surface area contributed by atoms with Crippen LogP contribution in [0.5, 0.6) is 0 Å². The van der Waals surface area contributed by atoms with Crippen LogP contribution in [0, 0.1) is 17.2 Å². The molecular weight excluding hydrogens is 248 g/mol. The van der Waals surface area contributed by atoms with Gasteiger partial charge in [0.1, 0.15) is 11.8 Å². The molecule has 0 saturated carbocycles. The third-order valence-electron chi connectivity index (χ3n) is 2.51. The van der Waals surface area contributed by atoms with Crippen LogP contribution in [0.15, 0.2) is 24.3 Å². The average Bonchev–Trinajstić information content (AvgIpc) is 2.72. The van der Waals surface area contributed by atoms with E-state index in [2.05, 4.69) is 30.2 Å². The van der Waals surface area contributed by atoms with Gasteiger partial charge in [-0.15, -0.1) is 5.10 Å². The highest BCUT2D eigenvalue weighted by atomic mass is 35.5. The maximum atomic E-state index is 9.11. The van der Waals surface area contributed by atoms with E-state index >= 15 is 0 Å². The Kier molecular flexibility index (Phi) is 3.63. The van der Waals surface area contributed by atoms with Crippen molar-refractivity contribution in [2.75, 3.05) is 0 Å². The Bertz CT molecular complexity index is 595. The first kappa shape index (κ1) is 12.6. The minimum atomic E-state index is 0.309. The fraction of sp³-hybridized carbons (Fsp3) is 0.308. The number of benzene rings is 1. The van der Waals surface area contributed by atoms with Gasteiger partial charge in [-0.25, -0.2) is 4.68 Å². The Hall–Kier alpha value is -1.86. The summed E-state index contributed by atoms with van der Waals surface area (Å²) in [7, 11) is 0. The average molecular weight is 261 g/mol. The molecule has 0 unspecified atom stereocenters. The molecule has 1 heterocycles. The third-order valence-corrected chi connectivity index (χ3v) is 2.84. The summed E-state index contributed by atoms with van der Waals surface area (Å²) in [6.07, 6.45) is 0. The minimum Gasteiger partial charge on any atom is -0.243 e. The lowest BCUT2D eigenvalue weighted by molar-refractivity contribution is 0.475. The Morgan fingerprint density at radius 3 is 2.72 bits per heavy atom. The van der Waals surface area contributed by atoms with Crippen LogP contribution >= 0.6 is 11.6 Å². The molecule has 0 radical (unpaired) electrons. The van der Waals surface area contributed by atoms with E-state index in [-0.39, 0.29) is 0 Å². The van der Waals surface area contributed by atoms with Gasteiger partial charge in [-0.2, -0.15) is 5.26 Å². The van der Waals surface area contributed by atoms with Crippen molar-refractivity contribution >= 4 is 11.6 Å². The molecular formula is C13H13ClN4. The lowest BCUT2D eigenvalue weighted by Crippen LogP contribution is -2.08. The van der Waals surface area contributed by atoms with E-state index in [0.717, 1.165) is 5.56 Å². The van der Waals surface area contributed by atoms with Gasteiger partial charge in [0, 0.05) is 12.1 Å². The summed E-state index contributed by atoms with van der Waals surface area (Å²) in [6, 6.07) is 9.47. The molecule has 0 N–H and O–H groups in total. The van der Waals surface area contributed by atoms with E-state index in [1.807, 2.05) is 18.2 Å². The van der Waals surface area contributed by atoms with E-state index in [9.17, 15) is 0 Å². The lowest BCUT2D eigenvalue weighted by Gasteiger charge is -2.09. The molecule has 0 spiro atoms. The van der Waals surface area contributed by atoms with Gasteiger partial charge in [-0.05, 0) is 12.0 Å². The van der Waals surface area contributed by atoms with Gasteiger partial charge in [0.15, 0.2) is 5.69 Å². The first-order chi connectivity index (χ1) is 8.63. The standard InChI is InChI=1S/C13H13ClN4/c1-9(2)8-18-13(12(7-15)16-17-18)10-5-3-4-6-11(10)14/h3-6,9H,8H2,1-2H3. The zero-order chi connectivity index (χ0) is 13.1. The zero-order valence-corrected chi connectivity index (χ0v) is 11.0. The smallest absolute Gasteiger partial charge is 0.190 e. The van der Waals surface area contributed by atoms with Crippen LogP contribution in [0.2, 0.25) is 5.02 Å². The van der Waals surface area contributed by atoms with E-state index in [1.54, 1.807) is 10.7 Å². The van der Waals surface area contributed by atoms with Crippen molar-refractivity contribution < 1.29 is 0 Å². The Morgan fingerprint density at radius 1 is 1.39 bits per heavy atom. The maximum Gasteiger partial charge on any atom is 0.190 e. The van der Waals surface area contributed by atoms with Crippen molar-refractivity contribution in [3.8, 4) is 17.3 Å². The van der Waals surface area contributed by atoms with E-state index in [1.165, 1.54) is 0 Å². The van der Waals surface area contributed by atoms with Crippen molar-refractivity contribution in [3.05, 3.63) is 35.0 Å². The number of nitriles is 1. The molecule has 1 aromatic heterocycles. The SMILES string of the molecule is CC(C)Cn1nnc(C#N)c1-c1ccccc1Cl. The first-order valence-corrected chi connectivity index (χ1v) is 6.09. The summed E-state index contributed by atoms with van der Waals surface area (Å²) in [4.78, 5) is 0.